The molecule has 23 heavy (non-hydrogen) atoms. The van der Waals surface area contributed by atoms with Gasteiger partial charge in [0.25, 0.3) is 5.69 Å². The summed E-state index contributed by atoms with van der Waals surface area (Å²) < 4.78 is 0.602. The Balaban J connectivity index is 2.09. The number of aromatic nitrogens is 1. The Morgan fingerprint density at radius 3 is 2.26 bits per heavy atom. The van der Waals surface area contributed by atoms with E-state index >= 15 is 0 Å². The van der Waals surface area contributed by atoms with Crippen molar-refractivity contribution in [3.63, 3.8) is 0 Å². The van der Waals surface area contributed by atoms with Gasteiger partial charge in [-0.1, -0.05) is 29.0 Å². The lowest BCUT2D eigenvalue weighted by molar-refractivity contribution is -0.382. The minimum absolute atomic E-state index is 0.114. The molecule has 6 heteroatoms. The Bertz CT molecular complexity index is 908. The number of nitro benzene ring substituents is 1. The van der Waals surface area contributed by atoms with Crippen molar-refractivity contribution in [3.05, 3.63) is 56.6 Å². The van der Waals surface area contributed by atoms with Gasteiger partial charge in [-0.3, -0.25) is 10.1 Å². The molecular weight excluding hydrogens is 310 g/mol. The molecule has 1 heterocycles. The van der Waals surface area contributed by atoms with E-state index in [0.717, 1.165) is 22.4 Å². The fraction of sp³-hybridized carbons (Fsp3) is 0.235. The first kappa shape index (κ1) is 15.4. The summed E-state index contributed by atoms with van der Waals surface area (Å²) in [4.78, 5) is 15.4. The monoisotopic (exact) mass is 327 g/mol. The van der Waals surface area contributed by atoms with Crippen molar-refractivity contribution in [2.45, 2.75) is 27.7 Å². The van der Waals surface area contributed by atoms with E-state index in [2.05, 4.69) is 29.4 Å². The predicted octanol–water partition coefficient (Wildman–Crippen LogP) is 5.18. The van der Waals surface area contributed by atoms with E-state index in [4.69, 9.17) is 0 Å². The summed E-state index contributed by atoms with van der Waals surface area (Å²) in [6.07, 6.45) is 0. The fourth-order valence-electron chi connectivity index (χ4n) is 2.83. The van der Waals surface area contributed by atoms with E-state index in [-0.39, 0.29) is 10.6 Å². The molecule has 0 atom stereocenters. The molecule has 0 radical (unpaired) electrons. The van der Waals surface area contributed by atoms with Crippen LogP contribution in [0.4, 0.5) is 16.5 Å². The molecule has 0 spiro atoms. The average Bonchev–Trinajstić information content (AvgIpc) is 2.83. The SMILES string of the molecule is Cc1cc(C)c(Nc2nc3cc(C)cc([N+](=O)[O-])c3s2)c(C)c1. The van der Waals surface area contributed by atoms with Crippen molar-refractivity contribution in [3.8, 4) is 0 Å². The lowest BCUT2D eigenvalue weighted by Crippen LogP contribution is -1.96. The van der Waals surface area contributed by atoms with Crippen LogP contribution in [0.15, 0.2) is 24.3 Å². The Morgan fingerprint density at radius 2 is 1.65 bits per heavy atom. The molecule has 1 aromatic heterocycles. The molecule has 118 valence electrons. The van der Waals surface area contributed by atoms with Crippen LogP contribution in [0, 0.1) is 37.8 Å². The normalized spacial score (nSPS) is 11.0. The van der Waals surface area contributed by atoms with Gasteiger partial charge in [0, 0.05) is 11.8 Å². The zero-order chi connectivity index (χ0) is 16.7. The topological polar surface area (TPSA) is 68.1 Å². The van der Waals surface area contributed by atoms with Crippen LogP contribution < -0.4 is 5.32 Å². The second-order valence-electron chi connectivity index (χ2n) is 5.81. The summed E-state index contributed by atoms with van der Waals surface area (Å²) in [7, 11) is 0. The maximum atomic E-state index is 11.2. The largest absolute Gasteiger partial charge is 0.331 e. The van der Waals surface area contributed by atoms with E-state index in [9.17, 15) is 10.1 Å². The summed E-state index contributed by atoms with van der Waals surface area (Å²) in [6.45, 7) is 7.99. The van der Waals surface area contributed by atoms with Crippen LogP contribution in [0.2, 0.25) is 0 Å². The number of fused-ring (bicyclic) bond motifs is 1. The summed E-state index contributed by atoms with van der Waals surface area (Å²) >= 11 is 1.31. The molecule has 0 saturated heterocycles. The van der Waals surface area contributed by atoms with Gasteiger partial charge < -0.3 is 5.32 Å². The Labute approximate surface area is 138 Å². The second-order valence-corrected chi connectivity index (χ2v) is 6.81. The van der Waals surface area contributed by atoms with E-state index < -0.39 is 0 Å². The molecular formula is C17H17N3O2S. The number of nitrogens with one attached hydrogen (secondary N) is 1. The van der Waals surface area contributed by atoms with Crippen molar-refractivity contribution < 1.29 is 4.92 Å². The van der Waals surface area contributed by atoms with Crippen LogP contribution in [0.5, 0.6) is 0 Å². The highest BCUT2D eigenvalue weighted by Gasteiger charge is 2.18. The summed E-state index contributed by atoms with van der Waals surface area (Å²) in [5, 5.41) is 15.2. The predicted molar refractivity (Wildman–Crippen MR) is 94.9 cm³/mol. The zero-order valence-electron chi connectivity index (χ0n) is 13.4. The number of aryl methyl sites for hydroxylation is 4. The van der Waals surface area contributed by atoms with Gasteiger partial charge in [0.05, 0.1) is 10.4 Å². The highest BCUT2D eigenvalue weighted by atomic mass is 32.1. The molecule has 0 aliphatic rings. The molecule has 0 saturated carbocycles. The third kappa shape index (κ3) is 2.90. The molecule has 0 bridgehead atoms. The summed E-state index contributed by atoms with van der Waals surface area (Å²) in [5.74, 6) is 0. The van der Waals surface area contributed by atoms with Gasteiger partial charge in [0.15, 0.2) is 5.13 Å². The standard InChI is InChI=1S/C17H17N3O2S/c1-9-5-11(3)15(12(4)6-9)19-17-18-13-7-10(2)8-14(20(21)22)16(13)23-17/h5-8H,1-4H3,(H,18,19). The molecule has 3 rings (SSSR count). The van der Waals surface area contributed by atoms with Crippen molar-refractivity contribution >= 4 is 38.1 Å². The highest BCUT2D eigenvalue weighted by Crippen LogP contribution is 2.36. The molecule has 0 unspecified atom stereocenters. The summed E-state index contributed by atoms with van der Waals surface area (Å²) in [6, 6.07) is 7.68. The van der Waals surface area contributed by atoms with Crippen molar-refractivity contribution in [1.82, 2.24) is 4.98 Å². The van der Waals surface area contributed by atoms with Gasteiger partial charge in [-0.2, -0.15) is 0 Å². The third-order valence-corrected chi connectivity index (χ3v) is 4.73. The lowest BCUT2D eigenvalue weighted by atomic mass is 10.1. The van der Waals surface area contributed by atoms with Gasteiger partial charge >= 0.3 is 0 Å². The van der Waals surface area contributed by atoms with Crippen molar-refractivity contribution in [2.24, 2.45) is 0 Å². The smallest absolute Gasteiger partial charge is 0.289 e. The first-order valence-corrected chi connectivity index (χ1v) is 8.07. The van der Waals surface area contributed by atoms with Gasteiger partial charge in [-0.15, -0.1) is 0 Å². The number of rotatable bonds is 3. The minimum Gasteiger partial charge on any atom is -0.331 e. The van der Waals surface area contributed by atoms with Gasteiger partial charge in [0.1, 0.15) is 4.70 Å². The van der Waals surface area contributed by atoms with Crippen LogP contribution in [-0.2, 0) is 0 Å². The molecule has 3 aromatic rings. The van der Waals surface area contributed by atoms with E-state index in [1.54, 1.807) is 6.07 Å². The Morgan fingerprint density at radius 1 is 1.04 bits per heavy atom. The van der Waals surface area contributed by atoms with Gasteiger partial charge in [0.2, 0.25) is 0 Å². The number of nitro groups is 1. The zero-order valence-corrected chi connectivity index (χ0v) is 14.2. The maximum Gasteiger partial charge on any atom is 0.289 e. The highest BCUT2D eigenvalue weighted by molar-refractivity contribution is 7.22. The van der Waals surface area contributed by atoms with Crippen LogP contribution >= 0.6 is 11.3 Å². The second kappa shape index (κ2) is 5.62. The van der Waals surface area contributed by atoms with Crippen molar-refractivity contribution in [2.75, 3.05) is 5.32 Å². The average molecular weight is 327 g/mol. The number of benzene rings is 2. The minimum atomic E-state index is -0.348. The molecule has 5 nitrogen and oxygen atoms in total. The molecule has 1 N–H and O–H groups in total. The molecule has 2 aromatic carbocycles. The maximum absolute atomic E-state index is 11.2. The molecule has 0 aliphatic carbocycles. The van der Waals surface area contributed by atoms with Gasteiger partial charge in [-0.05, 0) is 50.5 Å². The van der Waals surface area contributed by atoms with E-state index in [0.29, 0.717) is 15.3 Å². The quantitative estimate of drug-likeness (QED) is 0.531. The number of hydrogen-bond donors (Lipinski definition) is 1. The molecule has 0 fully saturated rings. The Hall–Kier alpha value is -2.47. The number of hydrogen-bond acceptors (Lipinski definition) is 5. The fourth-order valence-corrected chi connectivity index (χ4v) is 3.76. The van der Waals surface area contributed by atoms with Crippen LogP contribution in [-0.4, -0.2) is 9.91 Å². The van der Waals surface area contributed by atoms with Crippen LogP contribution in [0.3, 0.4) is 0 Å². The lowest BCUT2D eigenvalue weighted by Gasteiger charge is -2.11. The number of nitrogens with zero attached hydrogens (tertiary/aromatic N) is 2. The Kier molecular flexibility index (Phi) is 3.77. The third-order valence-electron chi connectivity index (χ3n) is 3.72. The first-order valence-electron chi connectivity index (χ1n) is 7.25. The van der Waals surface area contributed by atoms with Crippen LogP contribution in [0.25, 0.3) is 10.2 Å². The van der Waals surface area contributed by atoms with E-state index in [1.165, 1.54) is 16.9 Å². The molecule has 0 amide bonds. The summed E-state index contributed by atoms with van der Waals surface area (Å²) in [5.41, 5.74) is 6.09. The molecule has 0 aliphatic heterocycles. The van der Waals surface area contributed by atoms with E-state index in [1.807, 2.05) is 26.8 Å². The number of non-ortho nitro benzene ring substituents is 1. The number of anilines is 2. The van der Waals surface area contributed by atoms with Gasteiger partial charge in [-0.25, -0.2) is 4.98 Å². The van der Waals surface area contributed by atoms with Crippen LogP contribution in [0.1, 0.15) is 22.3 Å². The van der Waals surface area contributed by atoms with Crippen molar-refractivity contribution in [1.29, 1.82) is 0 Å². The first-order chi connectivity index (χ1) is 10.8. The number of thiazole rings is 1.